The highest BCUT2D eigenvalue weighted by Gasteiger charge is 2.08. The summed E-state index contributed by atoms with van der Waals surface area (Å²) in [6, 6.07) is 7.37. The molecule has 0 fully saturated rings. The molecule has 0 radical (unpaired) electrons. The molecule has 0 aliphatic heterocycles. The molecule has 0 saturated heterocycles. The van der Waals surface area contributed by atoms with Gasteiger partial charge in [0.05, 0.1) is 13.2 Å². The van der Waals surface area contributed by atoms with Crippen molar-refractivity contribution in [2.24, 2.45) is 0 Å². The zero-order valence-corrected chi connectivity index (χ0v) is 11.1. The number of amides is 2. The highest BCUT2D eigenvalue weighted by atomic mass is 16.5. The van der Waals surface area contributed by atoms with Crippen LogP contribution in [0.3, 0.4) is 0 Å². The van der Waals surface area contributed by atoms with Crippen LogP contribution in [0.25, 0.3) is 0 Å². The van der Waals surface area contributed by atoms with Gasteiger partial charge in [-0.15, -0.1) is 0 Å². The number of rotatable bonds is 5. The Morgan fingerprint density at radius 1 is 1.39 bits per heavy atom. The summed E-state index contributed by atoms with van der Waals surface area (Å²) in [4.78, 5) is 11.5. The van der Waals surface area contributed by atoms with Crippen molar-refractivity contribution in [2.75, 3.05) is 7.11 Å². The van der Waals surface area contributed by atoms with E-state index in [1.54, 1.807) is 13.3 Å². The first-order valence-corrected chi connectivity index (χ1v) is 6.03. The van der Waals surface area contributed by atoms with Crippen molar-refractivity contribution in [3.8, 4) is 5.75 Å². The lowest BCUT2D eigenvalue weighted by molar-refractivity contribution is 0.241. The van der Waals surface area contributed by atoms with Crippen LogP contribution in [-0.2, 0) is 0 Å². The van der Waals surface area contributed by atoms with Crippen LogP contribution >= 0.6 is 0 Å². The van der Waals surface area contributed by atoms with Crippen molar-refractivity contribution >= 4 is 6.03 Å². The van der Waals surface area contributed by atoms with E-state index in [1.807, 2.05) is 44.2 Å². The van der Waals surface area contributed by atoms with Gasteiger partial charge < -0.3 is 15.4 Å². The number of methoxy groups -OCH3 is 1. The molecule has 1 rings (SSSR count). The van der Waals surface area contributed by atoms with Crippen LogP contribution in [0.4, 0.5) is 4.79 Å². The Kier molecular flexibility index (Phi) is 5.77. The smallest absolute Gasteiger partial charge is 0.319 e. The van der Waals surface area contributed by atoms with Crippen LogP contribution in [0, 0.1) is 0 Å². The van der Waals surface area contributed by atoms with E-state index in [1.165, 1.54) is 0 Å². The van der Waals surface area contributed by atoms with Gasteiger partial charge in [-0.05, 0) is 31.0 Å². The topological polar surface area (TPSA) is 50.4 Å². The second-order valence-electron chi connectivity index (χ2n) is 3.92. The Hall–Kier alpha value is -1.97. The summed E-state index contributed by atoms with van der Waals surface area (Å²) in [5.74, 6) is 0.807. The van der Waals surface area contributed by atoms with E-state index in [-0.39, 0.29) is 12.1 Å². The summed E-state index contributed by atoms with van der Waals surface area (Å²) in [7, 11) is 1.63. The predicted octanol–water partition coefficient (Wildman–Crippen LogP) is 2.98. The molecule has 1 atom stereocenters. The molecule has 1 unspecified atom stereocenters. The molecule has 2 N–H and O–H groups in total. The molecule has 4 nitrogen and oxygen atoms in total. The SMILES string of the molecule is CC/C=C/NC(=O)NC(C)c1ccc(OC)cc1. The second kappa shape index (κ2) is 7.37. The Labute approximate surface area is 108 Å². The van der Waals surface area contributed by atoms with Gasteiger partial charge in [-0.25, -0.2) is 4.79 Å². The fourth-order valence-corrected chi connectivity index (χ4v) is 1.47. The number of hydrogen-bond acceptors (Lipinski definition) is 2. The zero-order chi connectivity index (χ0) is 13.4. The van der Waals surface area contributed by atoms with Gasteiger partial charge in [0.1, 0.15) is 5.75 Å². The standard InChI is InChI=1S/C14H20N2O2/c1-4-5-10-15-14(17)16-11(2)12-6-8-13(18-3)9-7-12/h5-11H,4H2,1-3H3,(H2,15,16,17)/b10-5+. The van der Waals surface area contributed by atoms with Gasteiger partial charge in [-0.2, -0.15) is 0 Å². The zero-order valence-electron chi connectivity index (χ0n) is 11.1. The normalized spacial score (nSPS) is 12.2. The third-order valence-corrected chi connectivity index (χ3v) is 2.53. The molecule has 0 spiro atoms. The molecule has 0 aliphatic carbocycles. The van der Waals surface area contributed by atoms with Gasteiger partial charge in [-0.1, -0.05) is 25.1 Å². The summed E-state index contributed by atoms with van der Waals surface area (Å²) < 4.78 is 5.09. The molecule has 4 heteroatoms. The lowest BCUT2D eigenvalue weighted by Crippen LogP contribution is -2.34. The van der Waals surface area contributed by atoms with E-state index in [9.17, 15) is 4.79 Å². The quantitative estimate of drug-likeness (QED) is 0.841. The molecule has 1 aromatic rings. The van der Waals surface area contributed by atoms with Crippen LogP contribution in [0.5, 0.6) is 5.75 Å². The first-order chi connectivity index (χ1) is 8.67. The lowest BCUT2D eigenvalue weighted by atomic mass is 10.1. The minimum Gasteiger partial charge on any atom is -0.497 e. The fraction of sp³-hybridized carbons (Fsp3) is 0.357. The Balaban J connectivity index is 2.50. The average molecular weight is 248 g/mol. The minimum absolute atomic E-state index is 0.0501. The summed E-state index contributed by atoms with van der Waals surface area (Å²) in [6.07, 6.45) is 4.43. The molecule has 2 amide bonds. The van der Waals surface area contributed by atoms with Crippen molar-refractivity contribution in [1.29, 1.82) is 0 Å². The molecular formula is C14H20N2O2. The monoisotopic (exact) mass is 248 g/mol. The van der Waals surface area contributed by atoms with E-state index in [4.69, 9.17) is 4.74 Å². The maximum atomic E-state index is 11.5. The molecule has 0 bridgehead atoms. The molecule has 18 heavy (non-hydrogen) atoms. The van der Waals surface area contributed by atoms with E-state index >= 15 is 0 Å². The predicted molar refractivity (Wildman–Crippen MR) is 72.5 cm³/mol. The van der Waals surface area contributed by atoms with E-state index in [0.29, 0.717) is 0 Å². The summed E-state index contributed by atoms with van der Waals surface area (Å²) in [6.45, 7) is 3.95. The fourth-order valence-electron chi connectivity index (χ4n) is 1.47. The number of carbonyl (C=O) groups excluding carboxylic acids is 1. The van der Waals surface area contributed by atoms with Crippen molar-refractivity contribution in [3.63, 3.8) is 0 Å². The van der Waals surface area contributed by atoms with Crippen LogP contribution in [0.15, 0.2) is 36.5 Å². The minimum atomic E-state index is -0.206. The van der Waals surface area contributed by atoms with Gasteiger partial charge in [0.25, 0.3) is 0 Å². The van der Waals surface area contributed by atoms with Gasteiger partial charge >= 0.3 is 6.03 Å². The maximum absolute atomic E-state index is 11.5. The number of ether oxygens (including phenoxy) is 1. The van der Waals surface area contributed by atoms with Crippen molar-refractivity contribution in [3.05, 3.63) is 42.1 Å². The van der Waals surface area contributed by atoms with Crippen molar-refractivity contribution in [2.45, 2.75) is 26.3 Å². The van der Waals surface area contributed by atoms with E-state index < -0.39 is 0 Å². The van der Waals surface area contributed by atoms with Gasteiger partial charge in [0.15, 0.2) is 0 Å². The summed E-state index contributed by atoms with van der Waals surface area (Å²) >= 11 is 0. The number of nitrogens with one attached hydrogen (secondary N) is 2. The maximum Gasteiger partial charge on any atom is 0.319 e. The second-order valence-corrected chi connectivity index (χ2v) is 3.92. The van der Waals surface area contributed by atoms with Crippen LogP contribution in [0.2, 0.25) is 0 Å². The highest BCUT2D eigenvalue weighted by Crippen LogP contribution is 2.16. The van der Waals surface area contributed by atoms with Crippen LogP contribution < -0.4 is 15.4 Å². The van der Waals surface area contributed by atoms with Crippen LogP contribution in [-0.4, -0.2) is 13.1 Å². The van der Waals surface area contributed by atoms with Gasteiger partial charge in [0.2, 0.25) is 0 Å². The summed E-state index contributed by atoms with van der Waals surface area (Å²) in [5, 5.41) is 5.50. The average Bonchev–Trinajstić information content (AvgIpc) is 2.39. The number of hydrogen-bond donors (Lipinski definition) is 2. The number of benzene rings is 1. The Bertz CT molecular complexity index is 399. The number of carbonyl (C=O) groups is 1. The summed E-state index contributed by atoms with van der Waals surface area (Å²) in [5.41, 5.74) is 1.03. The molecule has 0 aromatic heterocycles. The third-order valence-electron chi connectivity index (χ3n) is 2.53. The van der Waals surface area contributed by atoms with Crippen molar-refractivity contribution < 1.29 is 9.53 Å². The molecule has 0 heterocycles. The highest BCUT2D eigenvalue weighted by molar-refractivity contribution is 5.75. The molecule has 98 valence electrons. The molecule has 1 aromatic carbocycles. The third kappa shape index (κ3) is 4.49. The number of allylic oxidation sites excluding steroid dienone is 1. The first-order valence-electron chi connectivity index (χ1n) is 6.03. The Morgan fingerprint density at radius 2 is 2.06 bits per heavy atom. The molecule has 0 aliphatic rings. The molecule has 0 saturated carbocycles. The largest absolute Gasteiger partial charge is 0.497 e. The molecular weight excluding hydrogens is 228 g/mol. The first kappa shape index (κ1) is 14.1. The van der Waals surface area contributed by atoms with Crippen LogP contribution in [0.1, 0.15) is 31.9 Å². The van der Waals surface area contributed by atoms with Gasteiger partial charge in [0, 0.05) is 6.20 Å². The Morgan fingerprint density at radius 3 is 2.61 bits per heavy atom. The lowest BCUT2D eigenvalue weighted by Gasteiger charge is -2.14. The van der Waals surface area contributed by atoms with E-state index in [0.717, 1.165) is 17.7 Å². The van der Waals surface area contributed by atoms with E-state index in [2.05, 4.69) is 10.6 Å². The van der Waals surface area contributed by atoms with Crippen molar-refractivity contribution in [1.82, 2.24) is 10.6 Å². The number of urea groups is 1. The van der Waals surface area contributed by atoms with Gasteiger partial charge in [-0.3, -0.25) is 0 Å².